The fraction of sp³-hybridized carbons (Fsp3) is 0.579. The molecule has 1 aliphatic rings. The smallest absolute Gasteiger partial charge is 0.428 e. The van der Waals surface area contributed by atoms with Gasteiger partial charge in [-0.15, -0.1) is 0 Å². The molecule has 0 atom stereocenters. The van der Waals surface area contributed by atoms with E-state index in [0.29, 0.717) is 26.1 Å². The lowest BCUT2D eigenvalue weighted by Crippen LogP contribution is -2.53. The molecule has 1 aromatic rings. The molecular formula is C19H28N2O3. The third-order valence-corrected chi connectivity index (χ3v) is 4.47. The van der Waals surface area contributed by atoms with Crippen molar-refractivity contribution in [2.24, 2.45) is 0 Å². The molecule has 1 aliphatic heterocycles. The summed E-state index contributed by atoms with van der Waals surface area (Å²) < 4.78 is 5.09. The first-order valence-electron chi connectivity index (χ1n) is 8.81. The second-order valence-electron chi connectivity index (χ2n) is 6.30. The molecule has 1 saturated heterocycles. The summed E-state index contributed by atoms with van der Waals surface area (Å²) in [6, 6.07) is 4.26. The van der Waals surface area contributed by atoms with E-state index in [9.17, 15) is 9.59 Å². The van der Waals surface area contributed by atoms with Gasteiger partial charge in [-0.3, -0.25) is 4.79 Å². The Morgan fingerprint density at radius 3 is 2.38 bits per heavy atom. The molecule has 0 spiro atoms. The summed E-state index contributed by atoms with van der Waals surface area (Å²) in [5.74, 6) is -0.0376. The lowest BCUT2D eigenvalue weighted by Gasteiger charge is -2.37. The van der Waals surface area contributed by atoms with Crippen molar-refractivity contribution in [1.82, 2.24) is 10.0 Å². The summed E-state index contributed by atoms with van der Waals surface area (Å²) in [6.07, 6.45) is 2.60. The topological polar surface area (TPSA) is 49.9 Å². The van der Waals surface area contributed by atoms with Crippen LogP contribution in [0.1, 0.15) is 48.9 Å². The number of carbonyl (C=O) groups is 2. The van der Waals surface area contributed by atoms with Crippen molar-refractivity contribution < 1.29 is 14.3 Å². The third-order valence-electron chi connectivity index (χ3n) is 4.47. The van der Waals surface area contributed by atoms with Gasteiger partial charge in [-0.2, -0.15) is 0 Å². The molecule has 132 valence electrons. The second kappa shape index (κ2) is 8.18. The van der Waals surface area contributed by atoms with E-state index in [2.05, 4.69) is 26.0 Å². The van der Waals surface area contributed by atoms with Crippen molar-refractivity contribution in [3.8, 4) is 0 Å². The van der Waals surface area contributed by atoms with Gasteiger partial charge in [0.25, 0.3) is 0 Å². The fourth-order valence-electron chi connectivity index (χ4n) is 3.31. The third kappa shape index (κ3) is 4.08. The maximum absolute atomic E-state index is 12.9. The molecule has 5 heteroatoms. The molecule has 0 N–H and O–H groups in total. The average molecular weight is 332 g/mol. The molecule has 2 rings (SSSR count). The first kappa shape index (κ1) is 18.3. The second-order valence-corrected chi connectivity index (χ2v) is 6.30. The number of hydrogen-bond acceptors (Lipinski definition) is 3. The fourth-order valence-corrected chi connectivity index (χ4v) is 3.31. The minimum atomic E-state index is -0.429. The maximum Gasteiger partial charge on any atom is 0.428 e. The number of hydrazine groups is 1. The van der Waals surface area contributed by atoms with E-state index in [1.165, 1.54) is 16.1 Å². The number of aryl methyl sites for hydroxylation is 3. The lowest BCUT2D eigenvalue weighted by atomic mass is 9.94. The Morgan fingerprint density at radius 1 is 1.08 bits per heavy atom. The number of carbonyl (C=O) groups excluding carboxylic acids is 2. The van der Waals surface area contributed by atoms with Crippen molar-refractivity contribution in [3.63, 3.8) is 0 Å². The van der Waals surface area contributed by atoms with Crippen molar-refractivity contribution in [3.05, 3.63) is 34.4 Å². The molecule has 5 nitrogen and oxygen atoms in total. The molecule has 0 aromatic heterocycles. The van der Waals surface area contributed by atoms with Gasteiger partial charge < -0.3 is 4.74 Å². The van der Waals surface area contributed by atoms with Crippen LogP contribution in [-0.4, -0.2) is 41.7 Å². The Bertz CT molecular complexity index is 613. The first-order valence-corrected chi connectivity index (χ1v) is 8.81. The van der Waals surface area contributed by atoms with Gasteiger partial charge >= 0.3 is 6.09 Å². The maximum atomic E-state index is 12.9. The Kier molecular flexibility index (Phi) is 6.23. The first-order chi connectivity index (χ1) is 11.5. The van der Waals surface area contributed by atoms with Crippen molar-refractivity contribution in [2.75, 3.05) is 19.7 Å². The Hall–Kier alpha value is -2.04. The molecule has 1 heterocycles. The van der Waals surface area contributed by atoms with Crippen molar-refractivity contribution in [1.29, 1.82) is 0 Å². The van der Waals surface area contributed by atoms with Gasteiger partial charge in [0.2, 0.25) is 5.91 Å². The number of hydrogen-bond donors (Lipinski definition) is 0. The molecule has 2 amide bonds. The van der Waals surface area contributed by atoms with Crippen molar-refractivity contribution >= 4 is 12.0 Å². The van der Waals surface area contributed by atoms with Crippen LogP contribution in [0.4, 0.5) is 4.79 Å². The van der Waals surface area contributed by atoms with Crippen LogP contribution in [-0.2, 0) is 22.4 Å². The molecule has 0 bridgehead atoms. The average Bonchev–Trinajstić information content (AvgIpc) is 2.57. The minimum absolute atomic E-state index is 0.0376. The highest BCUT2D eigenvalue weighted by molar-refractivity contribution is 5.82. The number of ether oxygens (including phenoxy) is 1. The van der Waals surface area contributed by atoms with Crippen LogP contribution in [0.15, 0.2) is 12.1 Å². The molecule has 0 radical (unpaired) electrons. The van der Waals surface area contributed by atoms with Gasteiger partial charge in [-0.25, -0.2) is 14.8 Å². The van der Waals surface area contributed by atoms with Crippen molar-refractivity contribution in [2.45, 2.75) is 53.4 Å². The van der Waals surface area contributed by atoms with Crippen LogP contribution in [0.3, 0.4) is 0 Å². The Labute approximate surface area is 144 Å². The lowest BCUT2D eigenvalue weighted by molar-refractivity contribution is -0.148. The molecule has 24 heavy (non-hydrogen) atoms. The van der Waals surface area contributed by atoms with E-state index in [0.717, 1.165) is 30.4 Å². The molecular weight excluding hydrogens is 304 g/mol. The quantitative estimate of drug-likeness (QED) is 0.849. The molecule has 0 aliphatic carbocycles. The van der Waals surface area contributed by atoms with Gasteiger partial charge in [0.05, 0.1) is 13.0 Å². The number of rotatable bonds is 4. The molecule has 1 fully saturated rings. The van der Waals surface area contributed by atoms with Crippen LogP contribution in [0, 0.1) is 13.8 Å². The van der Waals surface area contributed by atoms with E-state index < -0.39 is 6.09 Å². The van der Waals surface area contributed by atoms with Crippen LogP contribution in [0.5, 0.6) is 0 Å². The van der Waals surface area contributed by atoms with Gasteiger partial charge in [-0.1, -0.05) is 24.6 Å². The van der Waals surface area contributed by atoms with Crippen LogP contribution < -0.4 is 0 Å². The summed E-state index contributed by atoms with van der Waals surface area (Å²) >= 11 is 0. The summed E-state index contributed by atoms with van der Waals surface area (Å²) in [5.41, 5.74) is 4.65. The van der Waals surface area contributed by atoms with E-state index in [1.54, 1.807) is 11.9 Å². The summed E-state index contributed by atoms with van der Waals surface area (Å²) in [6.45, 7) is 9.43. The predicted octanol–water partition coefficient (Wildman–Crippen LogP) is 3.40. The largest absolute Gasteiger partial charge is 0.448 e. The normalized spacial score (nSPS) is 14.7. The molecule has 1 aromatic carbocycles. The molecule has 0 unspecified atom stereocenters. The predicted molar refractivity (Wildman–Crippen MR) is 93.7 cm³/mol. The van der Waals surface area contributed by atoms with Gasteiger partial charge in [0.15, 0.2) is 0 Å². The van der Waals surface area contributed by atoms with Gasteiger partial charge in [0.1, 0.15) is 0 Å². The Morgan fingerprint density at radius 2 is 1.75 bits per heavy atom. The summed E-state index contributed by atoms with van der Waals surface area (Å²) in [4.78, 5) is 25.0. The van der Waals surface area contributed by atoms with Gasteiger partial charge in [-0.05, 0) is 56.7 Å². The SMILES string of the molecule is CCOC(=O)N1CCCCN1C(=O)Cc1c(C)cc(C)cc1CC. The highest BCUT2D eigenvalue weighted by Crippen LogP contribution is 2.21. The van der Waals surface area contributed by atoms with E-state index in [4.69, 9.17) is 4.74 Å². The van der Waals surface area contributed by atoms with E-state index in [1.807, 2.05) is 6.92 Å². The van der Waals surface area contributed by atoms with E-state index >= 15 is 0 Å². The molecule has 0 saturated carbocycles. The number of nitrogens with zero attached hydrogens (tertiary/aromatic N) is 2. The number of amides is 2. The zero-order valence-corrected chi connectivity index (χ0v) is 15.2. The van der Waals surface area contributed by atoms with Crippen LogP contribution >= 0.6 is 0 Å². The summed E-state index contributed by atoms with van der Waals surface area (Å²) in [7, 11) is 0. The Balaban J connectivity index is 2.20. The highest BCUT2D eigenvalue weighted by Gasteiger charge is 2.30. The minimum Gasteiger partial charge on any atom is -0.448 e. The standard InChI is InChI=1S/C19H28N2O3/c1-5-16-12-14(3)11-15(4)17(16)13-18(22)20-9-7-8-10-21(20)19(23)24-6-2/h11-12H,5-10,13H2,1-4H3. The zero-order valence-electron chi connectivity index (χ0n) is 15.2. The van der Waals surface area contributed by atoms with Crippen LogP contribution in [0.2, 0.25) is 0 Å². The monoisotopic (exact) mass is 332 g/mol. The van der Waals surface area contributed by atoms with Crippen LogP contribution in [0.25, 0.3) is 0 Å². The highest BCUT2D eigenvalue weighted by atomic mass is 16.6. The summed E-state index contributed by atoms with van der Waals surface area (Å²) in [5, 5.41) is 3.03. The number of benzene rings is 1. The van der Waals surface area contributed by atoms with Gasteiger partial charge in [0, 0.05) is 13.1 Å². The van der Waals surface area contributed by atoms with E-state index in [-0.39, 0.29) is 5.91 Å². The zero-order chi connectivity index (χ0) is 17.7.